The van der Waals surface area contributed by atoms with Gasteiger partial charge in [-0.25, -0.2) is 9.07 Å². The molecule has 1 N–H and O–H groups in total. The highest BCUT2D eigenvalue weighted by atomic mass is 19.1. The van der Waals surface area contributed by atoms with Gasteiger partial charge < -0.3 is 10.2 Å². The number of likely N-dealkylation sites (N-methyl/N-ethyl adjacent to an activating group) is 1. The summed E-state index contributed by atoms with van der Waals surface area (Å²) < 4.78 is 15.4. The lowest BCUT2D eigenvalue weighted by atomic mass is 10.2. The molecule has 0 bridgehead atoms. The average molecular weight is 288 g/mol. The molecule has 2 aromatic rings. The highest BCUT2D eigenvalue weighted by Crippen LogP contribution is 2.23. The molecule has 1 aliphatic heterocycles. The number of benzene rings is 1. The summed E-state index contributed by atoms with van der Waals surface area (Å²) in [5.74, 6) is -0.250. The number of amides is 1. The molecule has 110 valence electrons. The zero-order valence-electron chi connectivity index (χ0n) is 12.0. The van der Waals surface area contributed by atoms with Crippen LogP contribution in [0.2, 0.25) is 0 Å². The first-order valence-corrected chi connectivity index (χ1v) is 6.89. The molecule has 21 heavy (non-hydrogen) atoms. The number of aromatic nitrogens is 2. The van der Waals surface area contributed by atoms with E-state index in [0.717, 1.165) is 24.3 Å². The maximum Gasteiger partial charge on any atom is 0.244 e. The average Bonchev–Trinajstić information content (AvgIpc) is 2.98. The van der Waals surface area contributed by atoms with Crippen molar-refractivity contribution in [2.45, 2.75) is 19.4 Å². The van der Waals surface area contributed by atoms with Crippen LogP contribution in [0.4, 0.5) is 10.1 Å². The fourth-order valence-corrected chi connectivity index (χ4v) is 2.56. The predicted molar refractivity (Wildman–Crippen MR) is 77.9 cm³/mol. The van der Waals surface area contributed by atoms with Crippen molar-refractivity contribution in [3.05, 3.63) is 42.0 Å². The molecule has 0 radical (unpaired) electrons. The van der Waals surface area contributed by atoms with Gasteiger partial charge in [-0.3, -0.25) is 4.79 Å². The van der Waals surface area contributed by atoms with E-state index in [0.29, 0.717) is 5.69 Å². The van der Waals surface area contributed by atoms with Gasteiger partial charge >= 0.3 is 0 Å². The van der Waals surface area contributed by atoms with Crippen LogP contribution in [0.15, 0.2) is 30.5 Å². The van der Waals surface area contributed by atoms with Gasteiger partial charge in [0.15, 0.2) is 0 Å². The summed E-state index contributed by atoms with van der Waals surface area (Å²) in [6.45, 7) is 2.60. The van der Waals surface area contributed by atoms with Gasteiger partial charge in [0.2, 0.25) is 5.91 Å². The number of rotatable bonds is 3. The first-order chi connectivity index (χ1) is 10.1. The van der Waals surface area contributed by atoms with E-state index < -0.39 is 0 Å². The van der Waals surface area contributed by atoms with E-state index in [9.17, 15) is 9.18 Å². The third kappa shape index (κ3) is 2.37. The number of likely N-dealkylation sites (tertiary alicyclic amines) is 1. The Morgan fingerprint density at radius 3 is 2.81 bits per heavy atom. The quantitative estimate of drug-likeness (QED) is 0.939. The SMILES string of the molecule is Cc1c(N[C@H]2CCN(C)C2=O)cnn1-c1ccccc1F. The summed E-state index contributed by atoms with van der Waals surface area (Å²) in [5.41, 5.74) is 1.94. The van der Waals surface area contributed by atoms with Crippen LogP contribution in [0.1, 0.15) is 12.1 Å². The molecule has 1 amide bonds. The Bertz CT molecular complexity index is 682. The van der Waals surface area contributed by atoms with Crippen LogP contribution in [0.3, 0.4) is 0 Å². The zero-order valence-corrected chi connectivity index (χ0v) is 12.0. The van der Waals surface area contributed by atoms with Crippen LogP contribution in [-0.4, -0.2) is 40.2 Å². The number of anilines is 1. The Morgan fingerprint density at radius 2 is 2.14 bits per heavy atom. The predicted octanol–water partition coefficient (Wildman–Crippen LogP) is 1.96. The van der Waals surface area contributed by atoms with E-state index in [4.69, 9.17) is 0 Å². The number of nitrogens with zero attached hydrogens (tertiary/aromatic N) is 3. The minimum atomic E-state index is -0.327. The third-order valence-electron chi connectivity index (χ3n) is 3.85. The van der Waals surface area contributed by atoms with Crippen LogP contribution >= 0.6 is 0 Å². The van der Waals surface area contributed by atoms with E-state index in [2.05, 4.69) is 10.4 Å². The zero-order chi connectivity index (χ0) is 15.0. The Morgan fingerprint density at radius 1 is 1.38 bits per heavy atom. The lowest BCUT2D eigenvalue weighted by Crippen LogP contribution is -2.31. The van der Waals surface area contributed by atoms with Crippen LogP contribution < -0.4 is 5.32 Å². The van der Waals surface area contributed by atoms with Crippen molar-refractivity contribution in [1.82, 2.24) is 14.7 Å². The van der Waals surface area contributed by atoms with Crippen molar-refractivity contribution >= 4 is 11.6 Å². The van der Waals surface area contributed by atoms with E-state index in [1.165, 1.54) is 6.07 Å². The maximum atomic E-state index is 13.8. The Labute approximate surface area is 122 Å². The number of carbonyl (C=O) groups is 1. The summed E-state index contributed by atoms with van der Waals surface area (Å²) in [7, 11) is 1.79. The van der Waals surface area contributed by atoms with Crippen LogP contribution in [-0.2, 0) is 4.79 Å². The van der Waals surface area contributed by atoms with Crippen LogP contribution in [0.25, 0.3) is 5.69 Å². The van der Waals surface area contributed by atoms with Crippen molar-refractivity contribution in [2.75, 3.05) is 18.9 Å². The van der Waals surface area contributed by atoms with E-state index >= 15 is 0 Å². The van der Waals surface area contributed by atoms with Crippen molar-refractivity contribution < 1.29 is 9.18 Å². The lowest BCUT2D eigenvalue weighted by Gasteiger charge is -2.13. The largest absolute Gasteiger partial charge is 0.371 e. The second kappa shape index (κ2) is 5.20. The van der Waals surface area contributed by atoms with Gasteiger partial charge in [0.1, 0.15) is 17.5 Å². The second-order valence-electron chi connectivity index (χ2n) is 5.25. The molecule has 0 spiro atoms. The third-order valence-corrected chi connectivity index (χ3v) is 3.85. The molecule has 6 heteroatoms. The monoisotopic (exact) mass is 288 g/mol. The molecule has 1 aliphatic rings. The summed E-state index contributed by atoms with van der Waals surface area (Å²) >= 11 is 0. The Kier molecular flexibility index (Phi) is 3.37. The minimum Gasteiger partial charge on any atom is -0.371 e. The van der Waals surface area contributed by atoms with Gasteiger partial charge in [0, 0.05) is 13.6 Å². The van der Waals surface area contributed by atoms with Crippen LogP contribution in [0.5, 0.6) is 0 Å². The Hall–Kier alpha value is -2.37. The summed E-state index contributed by atoms with van der Waals surface area (Å²) in [6, 6.07) is 6.26. The molecule has 0 saturated carbocycles. The molecule has 2 heterocycles. The van der Waals surface area contributed by atoms with E-state index in [-0.39, 0.29) is 17.8 Å². The van der Waals surface area contributed by atoms with Gasteiger partial charge in [-0.2, -0.15) is 5.10 Å². The van der Waals surface area contributed by atoms with Gasteiger partial charge in [-0.05, 0) is 25.5 Å². The smallest absolute Gasteiger partial charge is 0.244 e. The molecule has 1 aromatic heterocycles. The molecule has 0 unspecified atom stereocenters. The molecule has 0 aliphatic carbocycles. The molecule has 1 fully saturated rings. The molecular formula is C15H17FN4O. The highest BCUT2D eigenvalue weighted by molar-refractivity contribution is 5.86. The van der Waals surface area contributed by atoms with E-state index in [1.807, 2.05) is 6.92 Å². The number of nitrogens with one attached hydrogen (secondary N) is 1. The highest BCUT2D eigenvalue weighted by Gasteiger charge is 2.29. The lowest BCUT2D eigenvalue weighted by molar-refractivity contribution is -0.127. The molecule has 3 rings (SSSR count). The normalized spacial score (nSPS) is 18.3. The number of hydrogen-bond acceptors (Lipinski definition) is 3. The standard InChI is InChI=1S/C15H17FN4O/c1-10-13(18-12-7-8-19(2)15(12)21)9-17-20(10)14-6-4-3-5-11(14)16/h3-6,9,12,18H,7-8H2,1-2H3/t12-/m0/s1. The summed E-state index contributed by atoms with van der Waals surface area (Å²) in [4.78, 5) is 13.6. The minimum absolute atomic E-state index is 0.0769. The maximum absolute atomic E-state index is 13.8. The fraction of sp³-hybridized carbons (Fsp3) is 0.333. The first-order valence-electron chi connectivity index (χ1n) is 6.89. The fourth-order valence-electron chi connectivity index (χ4n) is 2.56. The van der Waals surface area contributed by atoms with Crippen molar-refractivity contribution in [3.63, 3.8) is 0 Å². The molecule has 1 saturated heterocycles. The number of hydrogen-bond donors (Lipinski definition) is 1. The molecular weight excluding hydrogens is 271 g/mol. The molecule has 5 nitrogen and oxygen atoms in total. The Balaban J connectivity index is 1.87. The van der Waals surface area contributed by atoms with Gasteiger partial charge in [0.25, 0.3) is 0 Å². The van der Waals surface area contributed by atoms with Crippen LogP contribution in [0, 0.1) is 12.7 Å². The van der Waals surface area contributed by atoms with Crippen molar-refractivity contribution in [2.24, 2.45) is 0 Å². The number of para-hydroxylation sites is 1. The summed E-state index contributed by atoms with van der Waals surface area (Å²) in [6.07, 6.45) is 2.40. The van der Waals surface area contributed by atoms with Crippen molar-refractivity contribution in [3.8, 4) is 5.69 Å². The molecule has 1 atom stereocenters. The van der Waals surface area contributed by atoms with Gasteiger partial charge in [0.05, 0.1) is 17.6 Å². The molecule has 1 aromatic carbocycles. The summed E-state index contributed by atoms with van der Waals surface area (Å²) in [5, 5.41) is 7.42. The second-order valence-corrected chi connectivity index (χ2v) is 5.25. The first kappa shape index (κ1) is 13.6. The van der Waals surface area contributed by atoms with Crippen molar-refractivity contribution in [1.29, 1.82) is 0 Å². The van der Waals surface area contributed by atoms with Gasteiger partial charge in [-0.1, -0.05) is 12.1 Å². The van der Waals surface area contributed by atoms with E-state index in [1.54, 1.807) is 41.0 Å². The number of carbonyl (C=O) groups excluding carboxylic acids is 1. The number of halogens is 1. The van der Waals surface area contributed by atoms with Gasteiger partial charge in [-0.15, -0.1) is 0 Å². The topological polar surface area (TPSA) is 50.2 Å².